The van der Waals surface area contributed by atoms with Crippen molar-refractivity contribution < 1.29 is 19.4 Å². The quantitative estimate of drug-likeness (QED) is 0.816. The van der Waals surface area contributed by atoms with Crippen LogP contribution in [0.2, 0.25) is 5.02 Å². The summed E-state index contributed by atoms with van der Waals surface area (Å²) in [6.07, 6.45) is 0. The van der Waals surface area contributed by atoms with Gasteiger partial charge in [-0.3, -0.25) is 4.79 Å². The third-order valence-electron chi connectivity index (χ3n) is 3.13. The fourth-order valence-corrected chi connectivity index (χ4v) is 2.07. The highest BCUT2D eigenvalue weighted by atomic mass is 35.5. The van der Waals surface area contributed by atoms with Crippen LogP contribution in [0.4, 0.5) is 0 Å². The van der Waals surface area contributed by atoms with Crippen molar-refractivity contribution in [2.24, 2.45) is 0 Å². The van der Waals surface area contributed by atoms with Gasteiger partial charge in [-0.05, 0) is 35.9 Å². The van der Waals surface area contributed by atoms with Gasteiger partial charge < -0.3 is 19.9 Å². The Hall–Kier alpha value is -2.24. The van der Waals surface area contributed by atoms with Crippen LogP contribution in [0, 0.1) is 0 Å². The SMILES string of the molecule is COc1cc(C(=O)NCCO)ccc1OCc1ccc(Cl)cc1. The first-order chi connectivity index (χ1) is 11.1. The summed E-state index contributed by atoms with van der Waals surface area (Å²) in [5.41, 5.74) is 1.41. The summed E-state index contributed by atoms with van der Waals surface area (Å²) in [6.45, 7) is 0.463. The molecule has 2 rings (SSSR count). The van der Waals surface area contributed by atoms with Crippen molar-refractivity contribution >= 4 is 17.5 Å². The highest BCUT2D eigenvalue weighted by Gasteiger charge is 2.11. The Morgan fingerprint density at radius 3 is 2.57 bits per heavy atom. The third kappa shape index (κ3) is 4.87. The summed E-state index contributed by atoms with van der Waals surface area (Å²) >= 11 is 5.85. The first-order valence-electron chi connectivity index (χ1n) is 7.08. The molecule has 122 valence electrons. The Morgan fingerprint density at radius 2 is 1.91 bits per heavy atom. The van der Waals surface area contributed by atoms with Crippen LogP contribution in [0.25, 0.3) is 0 Å². The van der Waals surface area contributed by atoms with Crippen molar-refractivity contribution in [3.05, 3.63) is 58.6 Å². The Morgan fingerprint density at radius 1 is 1.17 bits per heavy atom. The predicted octanol–water partition coefficient (Wildman–Crippen LogP) is 2.65. The summed E-state index contributed by atoms with van der Waals surface area (Å²) in [4.78, 5) is 11.9. The molecule has 0 aliphatic rings. The molecular weight excluding hydrogens is 318 g/mol. The zero-order valence-corrected chi connectivity index (χ0v) is 13.5. The molecule has 2 aromatic rings. The smallest absolute Gasteiger partial charge is 0.251 e. The molecule has 0 saturated heterocycles. The zero-order valence-electron chi connectivity index (χ0n) is 12.7. The number of nitrogens with one attached hydrogen (secondary N) is 1. The summed E-state index contributed by atoms with van der Waals surface area (Å²) in [5.74, 6) is 0.735. The molecule has 0 aliphatic heterocycles. The number of aliphatic hydroxyl groups excluding tert-OH is 1. The highest BCUT2D eigenvalue weighted by Crippen LogP contribution is 2.29. The van der Waals surface area contributed by atoms with Crippen molar-refractivity contribution in [1.29, 1.82) is 0 Å². The summed E-state index contributed by atoms with van der Waals surface area (Å²) in [5, 5.41) is 12.0. The van der Waals surface area contributed by atoms with E-state index in [9.17, 15) is 4.79 Å². The van der Waals surface area contributed by atoms with E-state index in [-0.39, 0.29) is 19.1 Å². The first kappa shape index (κ1) is 17.1. The van der Waals surface area contributed by atoms with Crippen LogP contribution in [-0.2, 0) is 6.61 Å². The average molecular weight is 336 g/mol. The van der Waals surface area contributed by atoms with Crippen LogP contribution in [0.5, 0.6) is 11.5 Å². The highest BCUT2D eigenvalue weighted by molar-refractivity contribution is 6.30. The summed E-state index contributed by atoms with van der Waals surface area (Å²) < 4.78 is 11.0. The van der Waals surface area contributed by atoms with E-state index in [0.29, 0.717) is 28.7 Å². The number of benzene rings is 2. The Labute approximate surface area is 139 Å². The van der Waals surface area contributed by atoms with Crippen molar-refractivity contribution in [2.75, 3.05) is 20.3 Å². The number of carbonyl (C=O) groups is 1. The van der Waals surface area contributed by atoms with Crippen LogP contribution >= 0.6 is 11.6 Å². The normalized spacial score (nSPS) is 10.2. The van der Waals surface area contributed by atoms with E-state index < -0.39 is 0 Å². The van der Waals surface area contributed by atoms with Gasteiger partial charge in [-0.25, -0.2) is 0 Å². The number of hydrogen-bond acceptors (Lipinski definition) is 4. The van der Waals surface area contributed by atoms with Gasteiger partial charge in [0.1, 0.15) is 6.61 Å². The molecule has 0 saturated carbocycles. The number of hydrogen-bond donors (Lipinski definition) is 2. The standard InChI is InChI=1S/C17H18ClNO4/c1-22-16-10-13(17(21)19-8-9-20)4-7-15(16)23-11-12-2-5-14(18)6-3-12/h2-7,10,20H,8-9,11H2,1H3,(H,19,21). The van der Waals surface area contributed by atoms with Crippen LogP contribution in [-0.4, -0.2) is 31.3 Å². The van der Waals surface area contributed by atoms with Crippen LogP contribution in [0.15, 0.2) is 42.5 Å². The minimum absolute atomic E-state index is 0.106. The van der Waals surface area contributed by atoms with Crippen molar-refractivity contribution in [3.63, 3.8) is 0 Å². The average Bonchev–Trinajstić information content (AvgIpc) is 2.59. The number of methoxy groups -OCH3 is 1. The molecule has 2 N–H and O–H groups in total. The molecule has 23 heavy (non-hydrogen) atoms. The van der Waals surface area contributed by atoms with Gasteiger partial charge in [-0.2, -0.15) is 0 Å². The van der Waals surface area contributed by atoms with Crippen LogP contribution in [0.3, 0.4) is 0 Å². The largest absolute Gasteiger partial charge is 0.493 e. The van der Waals surface area contributed by atoms with Gasteiger partial charge in [-0.15, -0.1) is 0 Å². The minimum Gasteiger partial charge on any atom is -0.493 e. The second-order valence-electron chi connectivity index (χ2n) is 4.76. The number of carbonyl (C=O) groups excluding carboxylic acids is 1. The Bertz CT molecular complexity index is 658. The molecule has 2 aromatic carbocycles. The Balaban J connectivity index is 2.07. The molecule has 1 amide bonds. The molecule has 0 atom stereocenters. The van der Waals surface area contributed by atoms with Crippen molar-refractivity contribution in [2.45, 2.75) is 6.61 Å². The summed E-state index contributed by atoms with van der Waals surface area (Å²) in [6, 6.07) is 12.3. The molecule has 5 nitrogen and oxygen atoms in total. The van der Waals surface area contributed by atoms with E-state index in [1.165, 1.54) is 7.11 Å². The van der Waals surface area contributed by atoms with Crippen molar-refractivity contribution in [1.82, 2.24) is 5.32 Å². The second kappa shape index (κ2) is 8.41. The molecule has 0 aliphatic carbocycles. The van der Waals surface area contributed by atoms with E-state index in [1.807, 2.05) is 12.1 Å². The monoisotopic (exact) mass is 335 g/mol. The van der Waals surface area contributed by atoms with Gasteiger partial charge in [0.15, 0.2) is 11.5 Å². The van der Waals surface area contributed by atoms with Gasteiger partial charge >= 0.3 is 0 Å². The number of ether oxygens (including phenoxy) is 2. The van der Waals surface area contributed by atoms with Gasteiger partial charge in [0.2, 0.25) is 0 Å². The molecule has 0 bridgehead atoms. The second-order valence-corrected chi connectivity index (χ2v) is 5.20. The van der Waals surface area contributed by atoms with E-state index in [2.05, 4.69) is 5.32 Å². The first-order valence-corrected chi connectivity index (χ1v) is 7.46. The number of amides is 1. The molecule has 0 aromatic heterocycles. The molecule has 0 fully saturated rings. The van der Waals surface area contributed by atoms with E-state index in [4.69, 9.17) is 26.2 Å². The van der Waals surface area contributed by atoms with Gasteiger partial charge in [0, 0.05) is 17.1 Å². The lowest BCUT2D eigenvalue weighted by Crippen LogP contribution is -2.26. The molecule has 0 heterocycles. The predicted molar refractivity (Wildman–Crippen MR) is 88.2 cm³/mol. The lowest BCUT2D eigenvalue weighted by molar-refractivity contribution is 0.0944. The maximum absolute atomic E-state index is 11.9. The molecular formula is C17H18ClNO4. The maximum atomic E-state index is 11.9. The van der Waals surface area contributed by atoms with Gasteiger partial charge in [0.25, 0.3) is 5.91 Å². The van der Waals surface area contributed by atoms with Crippen LogP contribution in [0.1, 0.15) is 15.9 Å². The van der Waals surface area contributed by atoms with Crippen molar-refractivity contribution in [3.8, 4) is 11.5 Å². The lowest BCUT2D eigenvalue weighted by atomic mass is 10.2. The number of halogens is 1. The number of rotatable bonds is 7. The van der Waals surface area contributed by atoms with Gasteiger partial charge in [-0.1, -0.05) is 23.7 Å². The van der Waals surface area contributed by atoms with Gasteiger partial charge in [0.05, 0.1) is 13.7 Å². The minimum atomic E-state index is -0.276. The summed E-state index contributed by atoms with van der Waals surface area (Å²) in [7, 11) is 1.51. The fraction of sp³-hybridized carbons (Fsp3) is 0.235. The Kier molecular flexibility index (Phi) is 6.26. The maximum Gasteiger partial charge on any atom is 0.251 e. The van der Waals surface area contributed by atoms with Crippen LogP contribution < -0.4 is 14.8 Å². The topological polar surface area (TPSA) is 67.8 Å². The lowest BCUT2D eigenvalue weighted by Gasteiger charge is -2.12. The van der Waals surface area contributed by atoms with E-state index in [0.717, 1.165) is 5.56 Å². The van der Waals surface area contributed by atoms with E-state index in [1.54, 1.807) is 30.3 Å². The third-order valence-corrected chi connectivity index (χ3v) is 3.38. The number of aliphatic hydroxyl groups is 1. The zero-order chi connectivity index (χ0) is 16.7. The molecule has 6 heteroatoms. The molecule has 0 radical (unpaired) electrons. The molecule has 0 unspecified atom stereocenters. The fourth-order valence-electron chi connectivity index (χ4n) is 1.94. The van der Waals surface area contributed by atoms with E-state index >= 15 is 0 Å². The molecule has 0 spiro atoms.